The normalized spacial score (nSPS) is 18.8. The number of aromatic nitrogens is 2. The summed E-state index contributed by atoms with van der Waals surface area (Å²) in [4.78, 5) is 21.6. The second-order valence-electron chi connectivity index (χ2n) is 5.82. The molecule has 0 amide bonds. The van der Waals surface area contributed by atoms with Gasteiger partial charge in [-0.3, -0.25) is 14.7 Å². The van der Waals surface area contributed by atoms with Gasteiger partial charge in [0.05, 0.1) is 17.6 Å². The average Bonchev–Trinajstić information content (AvgIpc) is 2.54. The van der Waals surface area contributed by atoms with Gasteiger partial charge in [0.1, 0.15) is 0 Å². The van der Waals surface area contributed by atoms with Gasteiger partial charge >= 0.3 is 0 Å². The molecule has 0 spiro atoms. The Hall–Kier alpha value is -1.47. The van der Waals surface area contributed by atoms with Crippen LogP contribution in [0.15, 0.2) is 23.1 Å². The van der Waals surface area contributed by atoms with E-state index in [4.69, 9.17) is 0 Å². The minimum atomic E-state index is -0.0310. The molecule has 1 aliphatic rings. The standard InChI is InChI=1S/C16H22N4O2.ClH/c1-2-12-6-14-15(19-16(12)22)5-11(7-18-14)8-20-4-3-17-13(9-20)10-21;/h5-7,13,17,21H,2-4,8-10H2,1H3,(H,19,22);1H. The summed E-state index contributed by atoms with van der Waals surface area (Å²) in [6.45, 7) is 5.54. The van der Waals surface area contributed by atoms with E-state index in [0.29, 0.717) is 6.42 Å². The maximum absolute atomic E-state index is 11.9. The van der Waals surface area contributed by atoms with Crippen LogP contribution in [0.5, 0.6) is 0 Å². The molecule has 0 aliphatic carbocycles. The first-order chi connectivity index (χ1) is 10.7. The zero-order chi connectivity index (χ0) is 15.5. The van der Waals surface area contributed by atoms with Gasteiger partial charge in [-0.05, 0) is 24.1 Å². The molecular weight excluding hydrogens is 316 g/mol. The Morgan fingerprint density at radius 3 is 3.00 bits per heavy atom. The fourth-order valence-electron chi connectivity index (χ4n) is 2.93. The summed E-state index contributed by atoms with van der Waals surface area (Å²) in [5.41, 5.74) is 3.42. The Labute approximate surface area is 141 Å². The molecule has 7 heteroatoms. The van der Waals surface area contributed by atoms with Crippen molar-refractivity contribution in [3.8, 4) is 0 Å². The number of hydrogen-bond donors (Lipinski definition) is 3. The molecule has 3 rings (SSSR count). The number of halogens is 1. The van der Waals surface area contributed by atoms with Crippen LogP contribution < -0.4 is 10.9 Å². The highest BCUT2D eigenvalue weighted by Crippen LogP contribution is 2.13. The van der Waals surface area contributed by atoms with E-state index in [1.807, 2.05) is 25.3 Å². The molecule has 1 saturated heterocycles. The molecule has 0 aromatic carbocycles. The number of aromatic amines is 1. The van der Waals surface area contributed by atoms with Crippen LogP contribution in [0, 0.1) is 0 Å². The Kier molecular flexibility index (Phi) is 6.12. The number of pyridine rings is 2. The minimum Gasteiger partial charge on any atom is -0.395 e. The van der Waals surface area contributed by atoms with E-state index >= 15 is 0 Å². The molecule has 1 atom stereocenters. The zero-order valence-corrected chi connectivity index (χ0v) is 14.0. The Morgan fingerprint density at radius 1 is 1.43 bits per heavy atom. The molecule has 2 aromatic rings. The first kappa shape index (κ1) is 17.9. The van der Waals surface area contributed by atoms with Gasteiger partial charge in [0, 0.05) is 44.0 Å². The van der Waals surface area contributed by atoms with Gasteiger partial charge in [-0.1, -0.05) is 6.92 Å². The molecule has 23 heavy (non-hydrogen) atoms. The molecule has 126 valence electrons. The largest absolute Gasteiger partial charge is 0.395 e. The molecule has 0 saturated carbocycles. The van der Waals surface area contributed by atoms with Gasteiger partial charge in [0.15, 0.2) is 0 Å². The predicted octanol–water partition coefficient (Wildman–Crippen LogP) is 0.673. The van der Waals surface area contributed by atoms with Crippen LogP contribution in [-0.2, 0) is 13.0 Å². The number of fused-ring (bicyclic) bond motifs is 1. The topological polar surface area (TPSA) is 81.2 Å². The highest BCUT2D eigenvalue weighted by Gasteiger charge is 2.18. The second-order valence-corrected chi connectivity index (χ2v) is 5.82. The van der Waals surface area contributed by atoms with Crippen molar-refractivity contribution in [2.45, 2.75) is 25.9 Å². The third kappa shape index (κ3) is 4.09. The number of hydrogen-bond acceptors (Lipinski definition) is 5. The van der Waals surface area contributed by atoms with Crippen molar-refractivity contribution in [1.82, 2.24) is 20.2 Å². The van der Waals surface area contributed by atoms with E-state index in [2.05, 4.69) is 20.2 Å². The third-order valence-corrected chi connectivity index (χ3v) is 4.17. The van der Waals surface area contributed by atoms with Crippen LogP contribution in [0.2, 0.25) is 0 Å². The third-order valence-electron chi connectivity index (χ3n) is 4.17. The van der Waals surface area contributed by atoms with Crippen molar-refractivity contribution in [3.63, 3.8) is 0 Å². The van der Waals surface area contributed by atoms with Crippen LogP contribution in [0.1, 0.15) is 18.1 Å². The van der Waals surface area contributed by atoms with Crippen LogP contribution >= 0.6 is 12.4 Å². The Balaban J connectivity index is 0.00000192. The molecule has 6 nitrogen and oxygen atoms in total. The van der Waals surface area contributed by atoms with E-state index in [9.17, 15) is 9.90 Å². The van der Waals surface area contributed by atoms with E-state index < -0.39 is 0 Å². The minimum absolute atomic E-state index is 0. The van der Waals surface area contributed by atoms with Crippen molar-refractivity contribution < 1.29 is 5.11 Å². The maximum atomic E-state index is 11.9. The smallest absolute Gasteiger partial charge is 0.251 e. The molecule has 0 bridgehead atoms. The summed E-state index contributed by atoms with van der Waals surface area (Å²) in [6, 6.07) is 4.00. The summed E-state index contributed by atoms with van der Waals surface area (Å²) in [5.74, 6) is 0. The average molecular weight is 339 g/mol. The number of aryl methyl sites for hydroxylation is 1. The van der Waals surface area contributed by atoms with Gasteiger partial charge in [0.25, 0.3) is 5.56 Å². The van der Waals surface area contributed by atoms with Gasteiger partial charge in [-0.15, -0.1) is 12.4 Å². The van der Waals surface area contributed by atoms with Crippen molar-refractivity contribution in [2.24, 2.45) is 0 Å². The number of aliphatic hydroxyl groups excluding tert-OH is 1. The van der Waals surface area contributed by atoms with Gasteiger partial charge in [-0.25, -0.2) is 0 Å². The van der Waals surface area contributed by atoms with Crippen LogP contribution in [0.3, 0.4) is 0 Å². The van der Waals surface area contributed by atoms with E-state index in [1.54, 1.807) is 0 Å². The molecule has 1 aliphatic heterocycles. The fourth-order valence-corrected chi connectivity index (χ4v) is 2.93. The summed E-state index contributed by atoms with van der Waals surface area (Å²) in [6.07, 6.45) is 2.58. The molecule has 2 aromatic heterocycles. The van der Waals surface area contributed by atoms with Crippen molar-refractivity contribution in [1.29, 1.82) is 0 Å². The number of piperazine rings is 1. The predicted molar refractivity (Wildman–Crippen MR) is 93.1 cm³/mol. The van der Waals surface area contributed by atoms with Crippen LogP contribution in [-0.4, -0.2) is 52.3 Å². The SMILES string of the molecule is CCc1cc2ncc(CN3CCNC(CO)C3)cc2[nH]c1=O.Cl. The number of aliphatic hydroxyl groups is 1. The zero-order valence-electron chi connectivity index (χ0n) is 13.2. The van der Waals surface area contributed by atoms with Crippen LogP contribution in [0.25, 0.3) is 11.0 Å². The summed E-state index contributed by atoms with van der Waals surface area (Å²) < 4.78 is 0. The number of nitrogens with zero attached hydrogens (tertiary/aromatic N) is 2. The van der Waals surface area contributed by atoms with E-state index in [0.717, 1.165) is 48.3 Å². The summed E-state index contributed by atoms with van der Waals surface area (Å²) >= 11 is 0. The summed E-state index contributed by atoms with van der Waals surface area (Å²) in [7, 11) is 0. The monoisotopic (exact) mass is 338 g/mol. The van der Waals surface area contributed by atoms with Crippen molar-refractivity contribution in [3.05, 3.63) is 39.8 Å². The lowest BCUT2D eigenvalue weighted by Gasteiger charge is -2.32. The highest BCUT2D eigenvalue weighted by atomic mass is 35.5. The van der Waals surface area contributed by atoms with Crippen LogP contribution in [0.4, 0.5) is 0 Å². The number of rotatable bonds is 4. The highest BCUT2D eigenvalue weighted by molar-refractivity contribution is 5.85. The van der Waals surface area contributed by atoms with Crippen molar-refractivity contribution in [2.75, 3.05) is 26.2 Å². The first-order valence-corrected chi connectivity index (χ1v) is 7.77. The fraction of sp³-hybridized carbons (Fsp3) is 0.500. The van der Waals surface area contributed by atoms with E-state index in [-0.39, 0.29) is 30.6 Å². The Morgan fingerprint density at radius 2 is 2.26 bits per heavy atom. The molecule has 3 heterocycles. The maximum Gasteiger partial charge on any atom is 0.251 e. The molecular formula is C16H23ClN4O2. The Bertz CT molecular complexity index is 719. The second kappa shape index (κ2) is 7.88. The quantitative estimate of drug-likeness (QED) is 0.763. The van der Waals surface area contributed by atoms with Gasteiger partial charge in [0.2, 0.25) is 0 Å². The number of H-pyrrole nitrogens is 1. The lowest BCUT2D eigenvalue weighted by molar-refractivity contribution is 0.143. The number of nitrogens with one attached hydrogen (secondary N) is 2. The van der Waals surface area contributed by atoms with E-state index in [1.165, 1.54) is 0 Å². The van der Waals surface area contributed by atoms with Crippen molar-refractivity contribution >= 4 is 23.4 Å². The molecule has 1 unspecified atom stereocenters. The lowest BCUT2D eigenvalue weighted by Crippen LogP contribution is -2.51. The summed E-state index contributed by atoms with van der Waals surface area (Å²) in [5, 5.41) is 12.5. The molecule has 0 radical (unpaired) electrons. The molecule has 1 fully saturated rings. The lowest BCUT2D eigenvalue weighted by atomic mass is 10.1. The van der Waals surface area contributed by atoms with Gasteiger partial charge < -0.3 is 15.4 Å². The molecule has 3 N–H and O–H groups in total. The first-order valence-electron chi connectivity index (χ1n) is 7.77. The van der Waals surface area contributed by atoms with Gasteiger partial charge in [-0.2, -0.15) is 0 Å².